The maximum atomic E-state index is 13.1. The number of anilines is 3. The predicted molar refractivity (Wildman–Crippen MR) is 123 cm³/mol. The van der Waals surface area contributed by atoms with Crippen LogP contribution >= 0.6 is 0 Å². The summed E-state index contributed by atoms with van der Waals surface area (Å²) < 4.78 is 39.3. The first-order chi connectivity index (χ1) is 15.9. The van der Waals surface area contributed by atoms with Gasteiger partial charge in [-0.1, -0.05) is 48.5 Å². The van der Waals surface area contributed by atoms with Crippen LogP contribution in [0.4, 0.5) is 30.8 Å². The van der Waals surface area contributed by atoms with Crippen LogP contribution in [0.25, 0.3) is 11.3 Å². The van der Waals surface area contributed by atoms with Crippen molar-refractivity contribution in [2.24, 2.45) is 0 Å². The van der Waals surface area contributed by atoms with Gasteiger partial charge in [0.1, 0.15) is 11.6 Å². The van der Waals surface area contributed by atoms with Crippen LogP contribution in [0, 0.1) is 0 Å². The summed E-state index contributed by atoms with van der Waals surface area (Å²) in [6.07, 6.45) is -1.92. The fourth-order valence-corrected chi connectivity index (χ4v) is 3.33. The summed E-state index contributed by atoms with van der Waals surface area (Å²) in [5.74, 6) is 1.66. The lowest BCUT2D eigenvalue weighted by Crippen LogP contribution is -2.15. The molecule has 0 fully saturated rings. The number of benzene rings is 2. The first-order valence-corrected chi connectivity index (χ1v) is 10.4. The van der Waals surface area contributed by atoms with Crippen molar-refractivity contribution in [3.05, 3.63) is 96.2 Å². The minimum Gasteiger partial charge on any atom is -0.354 e. The number of rotatable bonds is 7. The summed E-state index contributed by atoms with van der Waals surface area (Å²) in [5.41, 5.74) is 1.35. The van der Waals surface area contributed by atoms with Crippen molar-refractivity contribution >= 4 is 17.6 Å². The Morgan fingerprint density at radius 3 is 2.39 bits per heavy atom. The summed E-state index contributed by atoms with van der Waals surface area (Å²) in [6.45, 7) is 0.681. The van der Waals surface area contributed by atoms with Gasteiger partial charge in [0.15, 0.2) is 0 Å². The summed E-state index contributed by atoms with van der Waals surface area (Å²) in [7, 11) is 1.80. The van der Waals surface area contributed by atoms with Gasteiger partial charge in [0.25, 0.3) is 0 Å². The highest BCUT2D eigenvalue weighted by molar-refractivity contribution is 5.65. The van der Waals surface area contributed by atoms with Crippen LogP contribution in [-0.4, -0.2) is 28.5 Å². The minimum absolute atomic E-state index is 0.394. The molecular formula is C25H22F3N5. The lowest BCUT2D eigenvalue weighted by atomic mass is 10.1. The van der Waals surface area contributed by atoms with Gasteiger partial charge in [-0.3, -0.25) is 0 Å². The number of halogens is 3. The number of nitrogens with one attached hydrogen (secondary N) is 1. The quantitative estimate of drug-likeness (QED) is 0.376. The van der Waals surface area contributed by atoms with Crippen molar-refractivity contribution in [1.29, 1.82) is 0 Å². The van der Waals surface area contributed by atoms with Gasteiger partial charge < -0.3 is 10.2 Å². The Labute approximate surface area is 190 Å². The van der Waals surface area contributed by atoms with Gasteiger partial charge in [0.05, 0.1) is 11.3 Å². The SMILES string of the molecule is CN(c1cccc(-c2cccc(C(F)(F)F)c2)n1)c1ccnc(NCCc2ccccc2)n1. The first kappa shape index (κ1) is 22.3. The largest absolute Gasteiger partial charge is 0.416 e. The predicted octanol–water partition coefficient (Wildman–Crippen LogP) is 5.98. The average molecular weight is 449 g/mol. The smallest absolute Gasteiger partial charge is 0.354 e. The molecule has 5 nitrogen and oxygen atoms in total. The van der Waals surface area contributed by atoms with E-state index in [1.165, 1.54) is 11.6 Å². The van der Waals surface area contributed by atoms with Crippen LogP contribution in [0.15, 0.2) is 85.1 Å². The second-order valence-electron chi connectivity index (χ2n) is 7.42. The summed E-state index contributed by atoms with van der Waals surface area (Å²) in [6, 6.07) is 22.2. The molecular weight excluding hydrogens is 427 g/mol. The lowest BCUT2D eigenvalue weighted by molar-refractivity contribution is -0.137. The molecule has 2 heterocycles. The molecule has 4 rings (SSSR count). The molecule has 33 heavy (non-hydrogen) atoms. The fourth-order valence-electron chi connectivity index (χ4n) is 3.33. The number of hydrogen-bond donors (Lipinski definition) is 1. The van der Waals surface area contributed by atoms with E-state index < -0.39 is 11.7 Å². The lowest BCUT2D eigenvalue weighted by Gasteiger charge is -2.18. The van der Waals surface area contributed by atoms with Crippen molar-refractivity contribution in [1.82, 2.24) is 15.0 Å². The highest BCUT2D eigenvalue weighted by Crippen LogP contribution is 2.32. The second-order valence-corrected chi connectivity index (χ2v) is 7.42. The highest BCUT2D eigenvalue weighted by Gasteiger charge is 2.30. The molecule has 0 aliphatic carbocycles. The highest BCUT2D eigenvalue weighted by atomic mass is 19.4. The Morgan fingerprint density at radius 2 is 1.61 bits per heavy atom. The van der Waals surface area contributed by atoms with Gasteiger partial charge in [0, 0.05) is 25.4 Å². The molecule has 4 aromatic rings. The van der Waals surface area contributed by atoms with Crippen LogP contribution in [-0.2, 0) is 12.6 Å². The summed E-state index contributed by atoms with van der Waals surface area (Å²) >= 11 is 0. The van der Waals surface area contributed by atoms with Gasteiger partial charge in [-0.2, -0.15) is 18.2 Å². The van der Waals surface area contributed by atoms with Gasteiger partial charge in [-0.25, -0.2) is 9.97 Å². The van der Waals surface area contributed by atoms with E-state index in [9.17, 15) is 13.2 Å². The van der Waals surface area contributed by atoms with Crippen molar-refractivity contribution in [3.63, 3.8) is 0 Å². The molecule has 0 spiro atoms. The fraction of sp³-hybridized carbons (Fsp3) is 0.160. The zero-order chi connectivity index (χ0) is 23.3. The van der Waals surface area contributed by atoms with E-state index in [1.807, 2.05) is 18.2 Å². The van der Waals surface area contributed by atoms with Crippen molar-refractivity contribution in [2.45, 2.75) is 12.6 Å². The molecule has 0 aliphatic rings. The third-order valence-electron chi connectivity index (χ3n) is 5.09. The topological polar surface area (TPSA) is 53.9 Å². The van der Waals surface area contributed by atoms with Gasteiger partial charge in [-0.15, -0.1) is 0 Å². The number of hydrogen-bond acceptors (Lipinski definition) is 5. The second kappa shape index (κ2) is 9.68. The van der Waals surface area contributed by atoms with E-state index in [0.29, 0.717) is 35.4 Å². The van der Waals surface area contributed by atoms with E-state index in [1.54, 1.807) is 48.5 Å². The molecule has 0 amide bonds. The zero-order valence-electron chi connectivity index (χ0n) is 17.9. The number of pyridine rings is 1. The maximum Gasteiger partial charge on any atom is 0.416 e. The number of alkyl halides is 3. The molecule has 0 aliphatic heterocycles. The third-order valence-corrected chi connectivity index (χ3v) is 5.09. The average Bonchev–Trinajstić information content (AvgIpc) is 2.84. The van der Waals surface area contributed by atoms with Crippen LogP contribution in [0.1, 0.15) is 11.1 Å². The van der Waals surface area contributed by atoms with E-state index >= 15 is 0 Å². The Bertz CT molecular complexity index is 1210. The Morgan fingerprint density at radius 1 is 0.848 bits per heavy atom. The Kier molecular flexibility index (Phi) is 6.53. The van der Waals surface area contributed by atoms with Crippen molar-refractivity contribution in [2.75, 3.05) is 23.8 Å². The molecule has 1 N–H and O–H groups in total. The summed E-state index contributed by atoms with van der Waals surface area (Å²) in [4.78, 5) is 15.1. The van der Waals surface area contributed by atoms with Gasteiger partial charge in [-0.05, 0) is 42.3 Å². The number of nitrogens with zero attached hydrogens (tertiary/aromatic N) is 4. The standard InChI is InChI=1S/C25H22F3N5/c1-33(23-14-16-30-24(32-23)29-15-13-18-7-3-2-4-8-18)22-12-6-11-21(31-22)19-9-5-10-20(17-19)25(26,27)28/h2-12,14,16-17H,13,15H2,1H3,(H,29,30,32). The van der Waals surface area contributed by atoms with Crippen LogP contribution in [0.2, 0.25) is 0 Å². The molecule has 0 atom stereocenters. The summed E-state index contributed by atoms with van der Waals surface area (Å²) in [5, 5.41) is 3.22. The van der Waals surface area contributed by atoms with Gasteiger partial charge >= 0.3 is 6.18 Å². The molecule has 0 radical (unpaired) electrons. The third kappa shape index (κ3) is 5.65. The molecule has 0 saturated carbocycles. The first-order valence-electron chi connectivity index (χ1n) is 10.4. The van der Waals surface area contributed by atoms with Gasteiger partial charge in [0.2, 0.25) is 5.95 Å². The zero-order valence-corrected chi connectivity index (χ0v) is 17.9. The number of aromatic nitrogens is 3. The molecule has 2 aromatic carbocycles. The van der Waals surface area contributed by atoms with E-state index in [-0.39, 0.29) is 0 Å². The Hall–Kier alpha value is -3.94. The van der Waals surface area contributed by atoms with Crippen LogP contribution < -0.4 is 10.2 Å². The van der Waals surface area contributed by atoms with Crippen molar-refractivity contribution < 1.29 is 13.2 Å². The molecule has 0 bridgehead atoms. The molecule has 168 valence electrons. The molecule has 0 unspecified atom stereocenters. The van der Waals surface area contributed by atoms with Crippen LogP contribution in [0.3, 0.4) is 0 Å². The van der Waals surface area contributed by atoms with Crippen molar-refractivity contribution in [3.8, 4) is 11.3 Å². The molecule has 0 saturated heterocycles. The maximum absolute atomic E-state index is 13.1. The van der Waals surface area contributed by atoms with E-state index in [4.69, 9.17) is 0 Å². The molecule has 2 aromatic heterocycles. The van der Waals surface area contributed by atoms with E-state index in [0.717, 1.165) is 18.6 Å². The Balaban J connectivity index is 1.49. The normalized spacial score (nSPS) is 11.3. The monoisotopic (exact) mass is 449 g/mol. The molecule has 8 heteroatoms. The van der Waals surface area contributed by atoms with E-state index in [2.05, 4.69) is 32.4 Å². The van der Waals surface area contributed by atoms with Crippen LogP contribution in [0.5, 0.6) is 0 Å². The minimum atomic E-state index is -4.41.